The molecule has 0 radical (unpaired) electrons. The number of methoxy groups -OCH3 is 2. The maximum Gasteiger partial charge on any atom is 0.280 e. The number of aliphatic hydroxyl groups is 1. The van der Waals surface area contributed by atoms with Gasteiger partial charge >= 0.3 is 0 Å². The molecule has 0 fully saturated rings. The first-order valence-corrected chi connectivity index (χ1v) is 12.2. The summed E-state index contributed by atoms with van der Waals surface area (Å²) < 4.78 is 34.8. The number of nitrogens with one attached hydrogen (secondary N) is 1. The summed E-state index contributed by atoms with van der Waals surface area (Å²) >= 11 is 1.25. The molecule has 32 heavy (non-hydrogen) atoms. The van der Waals surface area contributed by atoms with E-state index in [0.29, 0.717) is 30.3 Å². The Labute approximate surface area is 191 Å². The van der Waals surface area contributed by atoms with Crippen molar-refractivity contribution in [2.24, 2.45) is 5.16 Å². The van der Waals surface area contributed by atoms with Gasteiger partial charge in [0.05, 0.1) is 28.7 Å². The highest BCUT2D eigenvalue weighted by molar-refractivity contribution is 7.91. The number of amides is 1. The Bertz CT molecular complexity index is 1000. The van der Waals surface area contributed by atoms with Gasteiger partial charge in [0, 0.05) is 32.6 Å². The Morgan fingerprint density at radius 2 is 1.97 bits per heavy atom. The Morgan fingerprint density at radius 3 is 2.59 bits per heavy atom. The van der Waals surface area contributed by atoms with E-state index in [9.17, 15) is 13.2 Å². The maximum absolute atomic E-state index is 12.9. The van der Waals surface area contributed by atoms with Gasteiger partial charge in [-0.05, 0) is 25.5 Å². The van der Waals surface area contributed by atoms with Crippen LogP contribution >= 0.6 is 11.3 Å². The van der Waals surface area contributed by atoms with Crippen LogP contribution in [-0.2, 0) is 35.5 Å². The first-order valence-electron chi connectivity index (χ1n) is 9.72. The van der Waals surface area contributed by atoms with Crippen molar-refractivity contribution < 1.29 is 32.6 Å². The summed E-state index contributed by atoms with van der Waals surface area (Å²) in [5, 5.41) is 16.1. The van der Waals surface area contributed by atoms with Gasteiger partial charge in [-0.25, -0.2) is 13.4 Å². The summed E-state index contributed by atoms with van der Waals surface area (Å²) in [7, 11) is -0.411. The summed E-state index contributed by atoms with van der Waals surface area (Å²) in [6, 6.07) is 5.78. The van der Waals surface area contributed by atoms with Crippen LogP contribution in [0.5, 0.6) is 0 Å². The number of benzene rings is 1. The molecule has 1 aromatic heterocycles. The monoisotopic (exact) mass is 485 g/mol. The van der Waals surface area contributed by atoms with Crippen LogP contribution < -0.4 is 5.32 Å². The van der Waals surface area contributed by atoms with E-state index in [2.05, 4.69) is 15.5 Å². The highest BCUT2D eigenvalue weighted by atomic mass is 32.2. The maximum atomic E-state index is 12.9. The van der Waals surface area contributed by atoms with Crippen molar-refractivity contribution in [3.8, 4) is 0 Å². The number of sulfone groups is 1. The summed E-state index contributed by atoms with van der Waals surface area (Å²) in [5.74, 6) is -0.642. The smallest absolute Gasteiger partial charge is 0.280 e. The fraction of sp³-hybridized carbons (Fsp3) is 0.450. The lowest BCUT2D eigenvalue weighted by Crippen LogP contribution is -2.25. The van der Waals surface area contributed by atoms with Gasteiger partial charge in [-0.1, -0.05) is 28.6 Å². The zero-order valence-corrected chi connectivity index (χ0v) is 19.7. The molecule has 0 bridgehead atoms. The number of anilines is 1. The molecule has 10 nitrogen and oxygen atoms in total. The molecule has 0 aliphatic heterocycles. The van der Waals surface area contributed by atoms with E-state index in [1.165, 1.54) is 42.7 Å². The number of hydrogen-bond acceptors (Lipinski definition) is 10. The van der Waals surface area contributed by atoms with E-state index >= 15 is 0 Å². The first kappa shape index (κ1) is 25.9. The zero-order valence-electron chi connectivity index (χ0n) is 18.1. The Morgan fingerprint density at radius 1 is 1.25 bits per heavy atom. The number of aromatic nitrogens is 1. The van der Waals surface area contributed by atoms with E-state index in [4.69, 9.17) is 19.4 Å². The van der Waals surface area contributed by atoms with E-state index in [1.54, 1.807) is 20.2 Å². The molecule has 176 valence electrons. The van der Waals surface area contributed by atoms with Crippen LogP contribution in [0.2, 0.25) is 0 Å². The third kappa shape index (κ3) is 7.64. The second-order valence-electron chi connectivity index (χ2n) is 6.75. The van der Waals surface area contributed by atoms with Gasteiger partial charge in [0.2, 0.25) is 0 Å². The average Bonchev–Trinajstić information content (AvgIpc) is 3.21. The molecule has 0 unspecified atom stereocenters. The number of carbonyl (C=O) groups is 1. The molecule has 1 heterocycles. The molecule has 0 saturated heterocycles. The van der Waals surface area contributed by atoms with Gasteiger partial charge < -0.3 is 19.4 Å². The van der Waals surface area contributed by atoms with Crippen LogP contribution in [0.15, 0.2) is 40.5 Å². The second-order valence-corrected chi connectivity index (χ2v) is 9.97. The molecule has 1 aromatic carbocycles. The predicted octanol–water partition coefficient (Wildman–Crippen LogP) is 1.84. The molecule has 0 spiro atoms. The molecular formula is C20H27N3O7S2. The van der Waals surface area contributed by atoms with Crippen molar-refractivity contribution >= 4 is 37.9 Å². The van der Waals surface area contributed by atoms with Crippen LogP contribution in [0.25, 0.3) is 0 Å². The lowest BCUT2D eigenvalue weighted by atomic mass is 10.1. The molecule has 2 rings (SSSR count). The fourth-order valence-electron chi connectivity index (χ4n) is 2.46. The van der Waals surface area contributed by atoms with Crippen molar-refractivity contribution in [1.82, 2.24) is 4.98 Å². The van der Waals surface area contributed by atoms with E-state index < -0.39 is 21.8 Å². The van der Waals surface area contributed by atoms with Crippen LogP contribution in [0.4, 0.5) is 5.13 Å². The quantitative estimate of drug-likeness (QED) is 0.249. The second kappa shape index (κ2) is 12.6. The number of rotatable bonds is 13. The SMILES string of the molecule is COCCCS(=O)(=O)c1ccc(/C(=N\O[C@H](C)CO)C(=O)Nc2ncc(COC)s2)cc1. The van der Waals surface area contributed by atoms with Crippen molar-refractivity contribution in [2.75, 3.05) is 38.5 Å². The first-order chi connectivity index (χ1) is 15.3. The minimum absolute atomic E-state index is 0.0490. The minimum atomic E-state index is -3.48. The van der Waals surface area contributed by atoms with Crippen LogP contribution in [0.3, 0.4) is 0 Å². The van der Waals surface area contributed by atoms with Gasteiger partial charge in [-0.15, -0.1) is 0 Å². The Balaban J connectivity index is 2.24. The molecule has 2 aromatic rings. The van der Waals surface area contributed by atoms with Crippen molar-refractivity contribution in [1.29, 1.82) is 0 Å². The number of nitrogens with zero attached hydrogens (tertiary/aromatic N) is 2. The Hall–Kier alpha value is -2.38. The molecule has 0 aliphatic rings. The molecule has 12 heteroatoms. The lowest BCUT2D eigenvalue weighted by molar-refractivity contribution is -0.110. The van der Waals surface area contributed by atoms with Gasteiger partial charge in [-0.2, -0.15) is 0 Å². The molecule has 1 atom stereocenters. The fourth-order valence-corrected chi connectivity index (χ4v) is 4.53. The number of hydrogen-bond donors (Lipinski definition) is 2. The summed E-state index contributed by atoms with van der Waals surface area (Å²) in [5.41, 5.74) is 0.259. The van der Waals surface area contributed by atoms with Crippen molar-refractivity contribution in [3.05, 3.63) is 40.9 Å². The van der Waals surface area contributed by atoms with Crippen LogP contribution in [0, 0.1) is 0 Å². The average molecular weight is 486 g/mol. The number of carbonyl (C=O) groups excluding carboxylic acids is 1. The van der Waals surface area contributed by atoms with Gasteiger partial charge in [0.1, 0.15) is 6.10 Å². The van der Waals surface area contributed by atoms with Crippen molar-refractivity contribution in [2.45, 2.75) is 31.0 Å². The topological polar surface area (TPSA) is 136 Å². The molecule has 2 N–H and O–H groups in total. The summed E-state index contributed by atoms with van der Waals surface area (Å²) in [6.07, 6.45) is 1.33. The van der Waals surface area contributed by atoms with Crippen LogP contribution in [0.1, 0.15) is 23.8 Å². The third-order valence-electron chi connectivity index (χ3n) is 4.11. The number of oxime groups is 1. The molecule has 1 amide bonds. The van der Waals surface area contributed by atoms with Gasteiger partial charge in [0.25, 0.3) is 5.91 Å². The van der Waals surface area contributed by atoms with Gasteiger partial charge in [0.15, 0.2) is 20.7 Å². The van der Waals surface area contributed by atoms with E-state index in [1.807, 2.05) is 0 Å². The standard InChI is InChI=1S/C20H27N3O7S2/c1-14(12-24)30-23-18(19(25)22-20-21-11-16(31-20)13-29-3)15-5-7-17(8-6-15)32(26,27)10-4-9-28-2/h5-8,11,14,24H,4,9-10,12-13H2,1-3H3,(H,21,22,25)/b23-18+/t14-/m1/s1. The molecule has 0 saturated carbocycles. The largest absolute Gasteiger partial charge is 0.392 e. The highest BCUT2D eigenvalue weighted by Crippen LogP contribution is 2.20. The summed E-state index contributed by atoms with van der Waals surface area (Å²) in [4.78, 5) is 23.1. The van der Waals surface area contributed by atoms with E-state index in [0.717, 1.165) is 4.88 Å². The molecule has 0 aliphatic carbocycles. The zero-order chi connectivity index (χ0) is 23.6. The van der Waals surface area contributed by atoms with Crippen molar-refractivity contribution in [3.63, 3.8) is 0 Å². The van der Waals surface area contributed by atoms with Crippen LogP contribution in [-0.4, -0.2) is 69.4 Å². The number of aliphatic hydroxyl groups excluding tert-OH is 1. The molecular weight excluding hydrogens is 458 g/mol. The normalized spacial score (nSPS) is 13.1. The number of thiazole rings is 1. The third-order valence-corrected chi connectivity index (χ3v) is 6.81. The van der Waals surface area contributed by atoms with Gasteiger partial charge in [-0.3, -0.25) is 10.1 Å². The minimum Gasteiger partial charge on any atom is -0.392 e. The summed E-state index contributed by atoms with van der Waals surface area (Å²) in [6.45, 7) is 2.01. The number of ether oxygens (including phenoxy) is 2. The lowest BCUT2D eigenvalue weighted by Gasteiger charge is -2.10. The Kier molecular flexibility index (Phi) is 10.2. The highest BCUT2D eigenvalue weighted by Gasteiger charge is 2.20. The predicted molar refractivity (Wildman–Crippen MR) is 121 cm³/mol. The van der Waals surface area contributed by atoms with E-state index in [-0.39, 0.29) is 23.0 Å².